The largest absolute Gasteiger partial charge is 0.320 e. The van der Waals surface area contributed by atoms with Crippen LogP contribution in [-0.2, 0) is 4.79 Å². The summed E-state index contributed by atoms with van der Waals surface area (Å²) in [7, 11) is 0. The first-order valence-electron chi connectivity index (χ1n) is 6.85. The van der Waals surface area contributed by atoms with Crippen LogP contribution >= 0.6 is 27.5 Å². The third-order valence-electron chi connectivity index (χ3n) is 3.98. The molecule has 1 amide bonds. The van der Waals surface area contributed by atoms with Crippen molar-refractivity contribution in [2.45, 2.75) is 20.8 Å². The minimum absolute atomic E-state index is 0.217. The highest BCUT2D eigenvalue weighted by molar-refractivity contribution is 9.10. The Morgan fingerprint density at radius 2 is 1.82 bits per heavy atom. The molecular formula is C17H14BrClN2O. The Labute approximate surface area is 142 Å². The zero-order chi connectivity index (χ0) is 16.0. The van der Waals surface area contributed by atoms with Crippen molar-refractivity contribution in [2.75, 3.05) is 5.32 Å². The van der Waals surface area contributed by atoms with E-state index in [2.05, 4.69) is 26.2 Å². The Kier molecular flexibility index (Phi) is 3.83. The summed E-state index contributed by atoms with van der Waals surface area (Å²) in [6.45, 7) is 5.95. The number of aryl methyl sites for hydroxylation is 1. The molecule has 0 aromatic heterocycles. The molecule has 2 aromatic carbocycles. The highest BCUT2D eigenvalue weighted by atomic mass is 79.9. The molecular weight excluding hydrogens is 364 g/mol. The van der Waals surface area contributed by atoms with E-state index >= 15 is 0 Å². The summed E-state index contributed by atoms with van der Waals surface area (Å²) >= 11 is 9.79. The van der Waals surface area contributed by atoms with E-state index in [9.17, 15) is 4.79 Å². The second-order valence-electron chi connectivity index (χ2n) is 5.35. The van der Waals surface area contributed by atoms with E-state index in [0.29, 0.717) is 16.3 Å². The highest BCUT2D eigenvalue weighted by Gasteiger charge is 2.30. The Balaban J connectivity index is 2.21. The number of hydrogen-bond donors (Lipinski definition) is 1. The predicted octanol–water partition coefficient (Wildman–Crippen LogP) is 5.10. The van der Waals surface area contributed by atoms with Crippen molar-refractivity contribution in [3.63, 3.8) is 0 Å². The standard InChI is InChI=1S/C17H14BrClN2O/c1-8-4-6-12(19)14-15(8)21-17(22)16(14)20-13-7-5-11(18)9(2)10(13)3/h4-7H,1-3H3,(H,20,21,22). The molecule has 0 saturated carbocycles. The number of nitrogens with one attached hydrogen (secondary N) is 1. The summed E-state index contributed by atoms with van der Waals surface area (Å²) < 4.78 is 1.03. The molecule has 0 bridgehead atoms. The van der Waals surface area contributed by atoms with Crippen molar-refractivity contribution in [2.24, 2.45) is 4.99 Å². The van der Waals surface area contributed by atoms with Gasteiger partial charge in [-0.2, -0.15) is 0 Å². The van der Waals surface area contributed by atoms with Crippen molar-refractivity contribution >= 4 is 50.5 Å². The van der Waals surface area contributed by atoms with Crippen LogP contribution in [0.15, 0.2) is 33.7 Å². The van der Waals surface area contributed by atoms with Gasteiger partial charge in [0.1, 0.15) is 5.71 Å². The fraction of sp³-hybridized carbons (Fsp3) is 0.176. The smallest absolute Gasteiger partial charge is 0.275 e. The molecule has 0 aliphatic carbocycles. The van der Waals surface area contributed by atoms with Crippen LogP contribution in [0.3, 0.4) is 0 Å². The highest BCUT2D eigenvalue weighted by Crippen LogP contribution is 2.35. The Morgan fingerprint density at radius 3 is 2.55 bits per heavy atom. The fourth-order valence-electron chi connectivity index (χ4n) is 2.48. The molecule has 0 radical (unpaired) electrons. The van der Waals surface area contributed by atoms with Gasteiger partial charge in [0.2, 0.25) is 0 Å². The van der Waals surface area contributed by atoms with Gasteiger partial charge in [-0.05, 0) is 55.7 Å². The number of aliphatic imine (C=N–C) groups is 1. The lowest BCUT2D eigenvalue weighted by Crippen LogP contribution is -2.14. The number of rotatable bonds is 1. The second kappa shape index (κ2) is 5.52. The average molecular weight is 378 g/mol. The van der Waals surface area contributed by atoms with Crippen molar-refractivity contribution in [1.29, 1.82) is 0 Å². The maximum atomic E-state index is 12.3. The molecule has 3 rings (SSSR count). The van der Waals surface area contributed by atoms with Crippen LogP contribution in [0.2, 0.25) is 5.02 Å². The molecule has 0 fully saturated rings. The lowest BCUT2D eigenvalue weighted by molar-refractivity contribution is -0.110. The zero-order valence-electron chi connectivity index (χ0n) is 12.4. The molecule has 3 nitrogen and oxygen atoms in total. The normalized spacial score (nSPS) is 15.1. The lowest BCUT2D eigenvalue weighted by atomic mass is 10.1. The van der Waals surface area contributed by atoms with Crippen LogP contribution < -0.4 is 5.32 Å². The second-order valence-corrected chi connectivity index (χ2v) is 6.61. The van der Waals surface area contributed by atoms with E-state index in [1.54, 1.807) is 6.07 Å². The molecule has 1 aliphatic heterocycles. The Hall–Kier alpha value is -1.65. The number of benzene rings is 2. The molecule has 2 aromatic rings. The molecule has 0 unspecified atom stereocenters. The molecule has 5 heteroatoms. The van der Waals surface area contributed by atoms with Gasteiger partial charge in [-0.1, -0.05) is 33.6 Å². The third-order valence-corrected chi connectivity index (χ3v) is 5.15. The molecule has 22 heavy (non-hydrogen) atoms. The zero-order valence-corrected chi connectivity index (χ0v) is 14.8. The van der Waals surface area contributed by atoms with Gasteiger partial charge in [0, 0.05) is 10.0 Å². The third kappa shape index (κ3) is 2.36. The summed E-state index contributed by atoms with van der Waals surface area (Å²) in [5, 5.41) is 3.39. The first-order valence-corrected chi connectivity index (χ1v) is 8.02. The van der Waals surface area contributed by atoms with Gasteiger partial charge >= 0.3 is 0 Å². The topological polar surface area (TPSA) is 41.5 Å². The molecule has 1 heterocycles. The average Bonchev–Trinajstić information content (AvgIpc) is 2.82. The fourth-order valence-corrected chi connectivity index (χ4v) is 3.16. The van der Waals surface area contributed by atoms with Gasteiger partial charge in [0.25, 0.3) is 5.91 Å². The first kappa shape index (κ1) is 15.3. The molecule has 1 aliphatic rings. The predicted molar refractivity (Wildman–Crippen MR) is 94.6 cm³/mol. The first-order chi connectivity index (χ1) is 10.4. The number of amides is 1. The van der Waals surface area contributed by atoms with E-state index in [1.807, 2.05) is 39.0 Å². The SMILES string of the molecule is Cc1ccc(Cl)c2c1NC(=O)C2=Nc1ccc(Br)c(C)c1C. The number of anilines is 1. The molecule has 112 valence electrons. The summed E-state index contributed by atoms with van der Waals surface area (Å²) in [6.07, 6.45) is 0. The number of halogens is 2. The maximum absolute atomic E-state index is 12.3. The van der Waals surface area contributed by atoms with E-state index < -0.39 is 0 Å². The minimum atomic E-state index is -0.217. The number of fused-ring (bicyclic) bond motifs is 1. The summed E-state index contributed by atoms with van der Waals surface area (Å²) in [6, 6.07) is 7.52. The quantitative estimate of drug-likeness (QED) is 0.738. The van der Waals surface area contributed by atoms with Crippen LogP contribution in [0.4, 0.5) is 11.4 Å². The molecule has 0 spiro atoms. The van der Waals surface area contributed by atoms with Gasteiger partial charge in [-0.25, -0.2) is 4.99 Å². The van der Waals surface area contributed by atoms with E-state index in [4.69, 9.17) is 11.6 Å². The number of nitrogens with zero attached hydrogens (tertiary/aromatic N) is 1. The van der Waals surface area contributed by atoms with Crippen LogP contribution in [0.1, 0.15) is 22.3 Å². The minimum Gasteiger partial charge on any atom is -0.320 e. The van der Waals surface area contributed by atoms with Crippen LogP contribution in [-0.4, -0.2) is 11.6 Å². The van der Waals surface area contributed by atoms with Gasteiger partial charge in [0.05, 0.1) is 16.4 Å². The lowest BCUT2D eigenvalue weighted by Gasteiger charge is -2.08. The summed E-state index contributed by atoms with van der Waals surface area (Å²) in [5.74, 6) is -0.217. The van der Waals surface area contributed by atoms with Crippen molar-refractivity contribution in [1.82, 2.24) is 0 Å². The van der Waals surface area contributed by atoms with Crippen molar-refractivity contribution in [3.8, 4) is 0 Å². The summed E-state index contributed by atoms with van der Waals surface area (Å²) in [5.41, 5.74) is 5.70. The number of carbonyl (C=O) groups excluding carboxylic acids is 1. The maximum Gasteiger partial charge on any atom is 0.275 e. The van der Waals surface area contributed by atoms with E-state index in [0.717, 1.165) is 32.5 Å². The van der Waals surface area contributed by atoms with Gasteiger partial charge in [-0.15, -0.1) is 0 Å². The van der Waals surface area contributed by atoms with Crippen molar-refractivity contribution in [3.05, 3.63) is 56.0 Å². The van der Waals surface area contributed by atoms with Crippen LogP contribution in [0.25, 0.3) is 0 Å². The monoisotopic (exact) mass is 376 g/mol. The van der Waals surface area contributed by atoms with E-state index in [-0.39, 0.29) is 5.91 Å². The van der Waals surface area contributed by atoms with Gasteiger partial charge in [0.15, 0.2) is 0 Å². The van der Waals surface area contributed by atoms with Crippen molar-refractivity contribution < 1.29 is 4.79 Å². The number of carbonyl (C=O) groups is 1. The van der Waals surface area contributed by atoms with Gasteiger partial charge in [-0.3, -0.25) is 4.79 Å². The summed E-state index contributed by atoms with van der Waals surface area (Å²) in [4.78, 5) is 16.9. The Morgan fingerprint density at radius 1 is 1.09 bits per heavy atom. The van der Waals surface area contributed by atoms with Crippen LogP contribution in [0.5, 0.6) is 0 Å². The van der Waals surface area contributed by atoms with Gasteiger partial charge < -0.3 is 5.32 Å². The number of hydrogen-bond acceptors (Lipinski definition) is 2. The molecule has 1 N–H and O–H groups in total. The van der Waals surface area contributed by atoms with E-state index in [1.165, 1.54) is 0 Å². The molecule has 0 saturated heterocycles. The Bertz CT molecular complexity index is 843. The molecule has 0 atom stereocenters. The van der Waals surface area contributed by atoms with Crippen LogP contribution in [0, 0.1) is 20.8 Å².